The van der Waals surface area contributed by atoms with Crippen LogP contribution < -0.4 is 4.89 Å². The van der Waals surface area contributed by atoms with Gasteiger partial charge in [-0.15, -0.1) is 0 Å². The Labute approximate surface area is 142 Å². The number of carboxylic acid groups (broad SMARTS) is 1. The van der Waals surface area contributed by atoms with Crippen LogP contribution in [0.5, 0.6) is 0 Å². The van der Waals surface area contributed by atoms with Gasteiger partial charge in [0, 0.05) is 12.5 Å². The Kier molecular flexibility index (Phi) is 9.89. The molecule has 0 heterocycles. The molecule has 1 rings (SSSR count). The maximum Gasteiger partial charge on any atom is 0.363 e. The van der Waals surface area contributed by atoms with E-state index in [0.717, 1.165) is 12.0 Å². The van der Waals surface area contributed by atoms with Crippen molar-refractivity contribution in [2.75, 3.05) is 13.2 Å². The maximum atomic E-state index is 11.2. The molecule has 4 N–H and O–H groups in total. The summed E-state index contributed by atoms with van der Waals surface area (Å²) < 4.78 is 11.2. The number of benzene rings is 1. The molecule has 0 saturated carbocycles. The molecule has 0 saturated heterocycles. The summed E-state index contributed by atoms with van der Waals surface area (Å²) in [7, 11) is -3.09. The van der Waals surface area contributed by atoms with Gasteiger partial charge in [-0.3, -0.25) is 0 Å². The number of aliphatic carboxylic acids is 1. The van der Waals surface area contributed by atoms with E-state index in [4.69, 9.17) is 20.4 Å². The summed E-state index contributed by atoms with van der Waals surface area (Å²) in [6, 6.07) is 6.73. The topological polar surface area (TPSA) is 138 Å². The third-order valence-corrected chi connectivity index (χ3v) is 4.54. The van der Waals surface area contributed by atoms with Crippen LogP contribution in [0, 0.1) is 5.92 Å². The molecule has 136 valence electrons. The van der Waals surface area contributed by atoms with Crippen LogP contribution in [0.3, 0.4) is 0 Å². The smallest absolute Gasteiger partial charge is 0.363 e. The molecule has 7 nitrogen and oxygen atoms in total. The predicted octanol–water partition coefficient (Wildman–Crippen LogP) is 0.620. The Morgan fingerprint density at radius 2 is 1.67 bits per heavy atom. The van der Waals surface area contributed by atoms with Crippen LogP contribution in [0.4, 0.5) is 0 Å². The Morgan fingerprint density at radius 1 is 1.21 bits per heavy atom. The second kappa shape index (κ2) is 10.5. The number of carbonyl (C=O) groups is 1. The summed E-state index contributed by atoms with van der Waals surface area (Å²) in [6.45, 7) is 4.65. The van der Waals surface area contributed by atoms with E-state index in [1.165, 1.54) is 6.92 Å². The zero-order valence-electron chi connectivity index (χ0n) is 14.0. The molecule has 0 spiro atoms. The Bertz CT molecular complexity index is 510. The average Bonchev–Trinajstić information content (AvgIpc) is 2.53. The summed E-state index contributed by atoms with van der Waals surface area (Å²) in [5, 5.41) is 31.2. The highest BCUT2D eigenvalue weighted by Crippen LogP contribution is 2.41. The number of hydrogen-bond donors (Lipinski definition) is 4. The number of carboxylic acids is 1. The lowest BCUT2D eigenvalue weighted by Crippen LogP contribution is -2.31. The van der Waals surface area contributed by atoms with Crippen LogP contribution >= 0.6 is 8.03 Å². The number of aliphatic hydroxyl groups excluding tert-OH is 3. The molecule has 0 aromatic heterocycles. The number of aliphatic hydroxyl groups is 3. The first kappa shape index (κ1) is 22.6. The van der Waals surface area contributed by atoms with Crippen LogP contribution in [0.1, 0.15) is 31.9 Å². The van der Waals surface area contributed by atoms with Crippen molar-refractivity contribution in [2.45, 2.75) is 38.5 Å². The lowest BCUT2D eigenvalue weighted by atomic mass is 9.96. The van der Waals surface area contributed by atoms with Gasteiger partial charge in [-0.05, 0) is 17.9 Å². The summed E-state index contributed by atoms with van der Waals surface area (Å²) in [5.74, 6) is -0.854. The highest BCUT2D eigenvalue weighted by molar-refractivity contribution is 7.39. The van der Waals surface area contributed by atoms with Gasteiger partial charge in [-0.25, -0.2) is 4.79 Å². The summed E-state index contributed by atoms with van der Waals surface area (Å²) >= 11 is 0. The second-order valence-corrected chi connectivity index (χ2v) is 7.36. The van der Waals surface area contributed by atoms with E-state index < -0.39 is 25.3 Å². The van der Waals surface area contributed by atoms with Crippen LogP contribution in [0.2, 0.25) is 0 Å². The molecule has 0 aliphatic carbocycles. The Morgan fingerprint density at radius 3 is 1.92 bits per heavy atom. The molecular formula is C16H25O7P. The zero-order chi connectivity index (χ0) is 18.9. The maximum absolute atomic E-state index is 11.2. The lowest BCUT2D eigenvalue weighted by Gasteiger charge is -2.16. The SMILES string of the molecule is CC(C)Cc1ccc(C(C)(C(=O)O)[P+](=O)[O-])cc1.OCC(O)CO. The molecule has 2 unspecified atom stereocenters. The van der Waals surface area contributed by atoms with Crippen molar-refractivity contribution in [1.29, 1.82) is 0 Å². The fraction of sp³-hybridized carbons (Fsp3) is 0.562. The van der Waals surface area contributed by atoms with Gasteiger partial charge >= 0.3 is 14.0 Å². The van der Waals surface area contributed by atoms with Gasteiger partial charge in [0.2, 0.25) is 0 Å². The molecule has 0 aliphatic rings. The fourth-order valence-electron chi connectivity index (χ4n) is 1.80. The highest BCUT2D eigenvalue weighted by atomic mass is 31.1. The largest absolute Gasteiger partial charge is 0.594 e. The van der Waals surface area contributed by atoms with Crippen molar-refractivity contribution >= 4 is 14.0 Å². The van der Waals surface area contributed by atoms with E-state index in [0.29, 0.717) is 11.5 Å². The normalized spacial score (nSPS) is 14.0. The van der Waals surface area contributed by atoms with Crippen LogP contribution in [-0.2, 0) is 20.9 Å². The first-order valence-corrected chi connectivity index (χ1v) is 8.64. The van der Waals surface area contributed by atoms with Gasteiger partial charge < -0.3 is 25.3 Å². The van der Waals surface area contributed by atoms with E-state index >= 15 is 0 Å². The molecular weight excluding hydrogens is 335 g/mol. The fourth-order valence-corrected chi connectivity index (χ4v) is 2.32. The van der Waals surface area contributed by atoms with E-state index in [2.05, 4.69) is 13.8 Å². The molecule has 1 aromatic carbocycles. The van der Waals surface area contributed by atoms with Gasteiger partial charge in [-0.2, -0.15) is 0 Å². The van der Waals surface area contributed by atoms with E-state index in [1.54, 1.807) is 24.3 Å². The minimum atomic E-state index is -3.09. The number of hydrogen-bond acceptors (Lipinski definition) is 6. The second-order valence-electron chi connectivity index (χ2n) is 5.95. The van der Waals surface area contributed by atoms with E-state index in [9.17, 15) is 14.3 Å². The van der Waals surface area contributed by atoms with Gasteiger partial charge in [0.25, 0.3) is 5.16 Å². The molecule has 1 aromatic rings. The molecule has 0 radical (unpaired) electrons. The third kappa shape index (κ3) is 6.63. The van der Waals surface area contributed by atoms with Crippen molar-refractivity contribution in [2.24, 2.45) is 5.92 Å². The summed E-state index contributed by atoms with van der Waals surface area (Å²) in [4.78, 5) is 22.3. The van der Waals surface area contributed by atoms with Crippen molar-refractivity contribution in [1.82, 2.24) is 0 Å². The quantitative estimate of drug-likeness (QED) is 0.523. The minimum absolute atomic E-state index is 0.290. The zero-order valence-corrected chi connectivity index (χ0v) is 14.9. The van der Waals surface area contributed by atoms with Crippen molar-refractivity contribution in [3.8, 4) is 0 Å². The van der Waals surface area contributed by atoms with E-state index in [-0.39, 0.29) is 13.2 Å². The van der Waals surface area contributed by atoms with Crippen molar-refractivity contribution in [3.05, 3.63) is 35.4 Å². The lowest BCUT2D eigenvalue weighted by molar-refractivity contribution is -0.173. The van der Waals surface area contributed by atoms with Crippen molar-refractivity contribution < 1.29 is 34.7 Å². The van der Waals surface area contributed by atoms with Gasteiger partial charge in [0.1, 0.15) is 6.10 Å². The molecule has 0 aliphatic heterocycles. The Hall–Kier alpha value is -1.37. The molecule has 24 heavy (non-hydrogen) atoms. The standard InChI is InChI=1S/C13H17O4P.C3H8O3/c1-9(2)8-10-4-6-11(7-5-10)13(3,12(14)15)18(16)17;4-1-3(6)2-5/h4-7,9H,8H2,1-3H3,(H,14,15);3-6H,1-2H2. The van der Waals surface area contributed by atoms with Gasteiger partial charge in [0.05, 0.1) is 13.2 Å². The predicted molar refractivity (Wildman–Crippen MR) is 87.8 cm³/mol. The molecule has 8 heteroatoms. The highest BCUT2D eigenvalue weighted by Gasteiger charge is 2.48. The molecule has 2 atom stereocenters. The van der Waals surface area contributed by atoms with Crippen LogP contribution in [0.15, 0.2) is 24.3 Å². The van der Waals surface area contributed by atoms with Gasteiger partial charge in [-0.1, -0.05) is 42.7 Å². The molecule has 0 bridgehead atoms. The summed E-state index contributed by atoms with van der Waals surface area (Å²) in [5.41, 5.74) is 1.36. The van der Waals surface area contributed by atoms with E-state index in [1.807, 2.05) is 0 Å². The van der Waals surface area contributed by atoms with Gasteiger partial charge in [0.15, 0.2) is 0 Å². The minimum Gasteiger partial charge on any atom is -0.594 e. The molecule has 0 fully saturated rings. The first-order chi connectivity index (χ1) is 11.1. The van der Waals surface area contributed by atoms with Crippen LogP contribution in [-0.4, -0.2) is 45.7 Å². The first-order valence-electron chi connectivity index (χ1n) is 7.46. The number of rotatable bonds is 7. The van der Waals surface area contributed by atoms with Crippen molar-refractivity contribution in [3.63, 3.8) is 0 Å². The monoisotopic (exact) mass is 360 g/mol. The summed E-state index contributed by atoms with van der Waals surface area (Å²) in [6.07, 6.45) is -0.0712. The Balaban J connectivity index is 0.000000754. The molecule has 0 amide bonds. The third-order valence-electron chi connectivity index (χ3n) is 3.36. The average molecular weight is 360 g/mol. The van der Waals surface area contributed by atoms with Crippen LogP contribution in [0.25, 0.3) is 0 Å².